The first kappa shape index (κ1) is 14.8. The maximum Gasteiger partial charge on any atom is 0.328 e. The van der Waals surface area contributed by atoms with Gasteiger partial charge in [0.05, 0.1) is 0 Å². The average Bonchev–Trinajstić information content (AvgIpc) is 2.96. The predicted octanol–water partition coefficient (Wildman–Crippen LogP) is -1.06. The Morgan fingerprint density at radius 3 is 3.00 bits per heavy atom. The first-order valence-corrected chi connectivity index (χ1v) is 6.60. The third-order valence-corrected chi connectivity index (χ3v) is 3.15. The van der Waals surface area contributed by atoms with Crippen LogP contribution >= 0.6 is 0 Å². The van der Waals surface area contributed by atoms with Gasteiger partial charge in [-0.2, -0.15) is 0 Å². The number of piperazine rings is 1. The van der Waals surface area contributed by atoms with E-state index >= 15 is 0 Å². The van der Waals surface area contributed by atoms with E-state index < -0.39 is 18.0 Å². The first-order chi connectivity index (χ1) is 10.1. The predicted molar refractivity (Wildman–Crippen MR) is 71.4 cm³/mol. The van der Waals surface area contributed by atoms with E-state index in [9.17, 15) is 14.4 Å². The summed E-state index contributed by atoms with van der Waals surface area (Å²) >= 11 is 0. The van der Waals surface area contributed by atoms with Crippen molar-refractivity contribution in [1.82, 2.24) is 25.5 Å². The number of imidazole rings is 1. The summed E-state index contributed by atoms with van der Waals surface area (Å²) in [5.41, 5.74) is 0. The molecular weight excluding hydrogens is 278 g/mol. The number of aliphatic carboxylic acids is 1. The molecule has 1 unspecified atom stereocenters. The smallest absolute Gasteiger partial charge is 0.328 e. The van der Waals surface area contributed by atoms with Gasteiger partial charge in [-0.3, -0.25) is 9.69 Å². The van der Waals surface area contributed by atoms with Crippen molar-refractivity contribution < 1.29 is 19.5 Å². The number of carboxylic acids is 1. The Morgan fingerprint density at radius 2 is 2.33 bits per heavy atom. The summed E-state index contributed by atoms with van der Waals surface area (Å²) < 4.78 is 0. The Kier molecular flexibility index (Phi) is 4.75. The van der Waals surface area contributed by atoms with Crippen LogP contribution in [-0.4, -0.2) is 63.6 Å². The normalized spacial score (nSPS) is 18.2. The number of nitrogens with zero attached hydrogens (tertiary/aromatic N) is 2. The maximum atomic E-state index is 12.0. The molecule has 2 heterocycles. The molecule has 21 heavy (non-hydrogen) atoms. The zero-order valence-corrected chi connectivity index (χ0v) is 11.3. The van der Waals surface area contributed by atoms with E-state index in [0.717, 1.165) is 10.7 Å². The Morgan fingerprint density at radius 1 is 1.52 bits per heavy atom. The quantitative estimate of drug-likeness (QED) is 0.515. The highest BCUT2D eigenvalue weighted by Crippen LogP contribution is 2.05. The molecule has 2 rings (SSSR count). The standard InChI is InChI=1S/C12H17N5O4/c18-10-7-17(8(6-16-10)11(19)20)12(21)15-3-1-2-9-13-4-5-14-9/h4-5,8H,1-3,6-7H2,(H,13,14)(H,15,21)(H,16,18)(H,19,20). The Labute approximate surface area is 120 Å². The van der Waals surface area contributed by atoms with Crippen LogP contribution in [0.4, 0.5) is 4.79 Å². The van der Waals surface area contributed by atoms with Crippen LogP contribution in [0.5, 0.6) is 0 Å². The minimum absolute atomic E-state index is 0.0754. The molecular formula is C12H17N5O4. The molecule has 0 radical (unpaired) electrons. The number of aromatic nitrogens is 2. The van der Waals surface area contributed by atoms with Gasteiger partial charge in [0.1, 0.15) is 18.4 Å². The van der Waals surface area contributed by atoms with E-state index in [2.05, 4.69) is 20.6 Å². The van der Waals surface area contributed by atoms with E-state index in [1.807, 2.05) is 0 Å². The second-order valence-corrected chi connectivity index (χ2v) is 4.66. The molecule has 1 atom stereocenters. The van der Waals surface area contributed by atoms with Crippen molar-refractivity contribution in [2.75, 3.05) is 19.6 Å². The van der Waals surface area contributed by atoms with Crippen molar-refractivity contribution >= 4 is 17.9 Å². The molecule has 1 aliphatic rings. The molecule has 0 aromatic carbocycles. The Balaban J connectivity index is 1.80. The second-order valence-electron chi connectivity index (χ2n) is 4.66. The minimum atomic E-state index is -1.14. The number of aromatic amines is 1. The lowest BCUT2D eigenvalue weighted by atomic mass is 10.2. The van der Waals surface area contributed by atoms with Crippen LogP contribution in [-0.2, 0) is 16.0 Å². The molecule has 0 aliphatic carbocycles. The summed E-state index contributed by atoms with van der Waals surface area (Å²) in [6, 6.07) is -1.58. The van der Waals surface area contributed by atoms with Crippen molar-refractivity contribution in [2.45, 2.75) is 18.9 Å². The molecule has 9 heteroatoms. The molecule has 1 aliphatic heterocycles. The summed E-state index contributed by atoms with van der Waals surface area (Å²) in [6.45, 7) is 0.0545. The first-order valence-electron chi connectivity index (χ1n) is 6.60. The lowest BCUT2D eigenvalue weighted by Crippen LogP contribution is -2.61. The number of aryl methyl sites for hydroxylation is 1. The summed E-state index contributed by atoms with van der Waals surface area (Å²) in [4.78, 5) is 42.4. The van der Waals surface area contributed by atoms with Crippen LogP contribution in [0.3, 0.4) is 0 Å². The number of carbonyl (C=O) groups excluding carboxylic acids is 2. The van der Waals surface area contributed by atoms with Gasteiger partial charge in [0.15, 0.2) is 0 Å². The Hall–Kier alpha value is -2.58. The van der Waals surface area contributed by atoms with Crippen LogP contribution in [0.2, 0.25) is 0 Å². The fraction of sp³-hybridized carbons (Fsp3) is 0.500. The van der Waals surface area contributed by atoms with E-state index in [-0.39, 0.29) is 19.0 Å². The van der Waals surface area contributed by atoms with Gasteiger partial charge < -0.3 is 20.7 Å². The van der Waals surface area contributed by atoms with E-state index in [1.54, 1.807) is 12.4 Å². The fourth-order valence-corrected chi connectivity index (χ4v) is 2.06. The molecule has 1 saturated heterocycles. The molecule has 1 fully saturated rings. The van der Waals surface area contributed by atoms with Crippen LogP contribution < -0.4 is 10.6 Å². The van der Waals surface area contributed by atoms with Gasteiger partial charge in [-0.1, -0.05) is 0 Å². The lowest BCUT2D eigenvalue weighted by molar-refractivity contribution is -0.144. The molecule has 1 aromatic heterocycles. The van der Waals surface area contributed by atoms with Crippen molar-refractivity contribution in [3.05, 3.63) is 18.2 Å². The second kappa shape index (κ2) is 6.73. The molecule has 0 saturated carbocycles. The van der Waals surface area contributed by atoms with E-state index in [1.165, 1.54) is 0 Å². The largest absolute Gasteiger partial charge is 0.480 e. The highest BCUT2D eigenvalue weighted by Gasteiger charge is 2.34. The number of nitrogens with one attached hydrogen (secondary N) is 3. The van der Waals surface area contributed by atoms with E-state index in [4.69, 9.17) is 5.11 Å². The number of hydrogen-bond acceptors (Lipinski definition) is 4. The molecule has 114 valence electrons. The van der Waals surface area contributed by atoms with Gasteiger partial charge in [-0.25, -0.2) is 14.6 Å². The summed E-state index contributed by atoms with van der Waals surface area (Å²) in [7, 11) is 0. The van der Waals surface area contributed by atoms with Crippen LogP contribution in [0, 0.1) is 0 Å². The highest BCUT2D eigenvalue weighted by atomic mass is 16.4. The Bertz CT molecular complexity index is 516. The number of amides is 3. The molecule has 4 N–H and O–H groups in total. The van der Waals surface area contributed by atoms with Gasteiger partial charge in [0.25, 0.3) is 0 Å². The van der Waals surface area contributed by atoms with Gasteiger partial charge in [-0.05, 0) is 6.42 Å². The minimum Gasteiger partial charge on any atom is -0.480 e. The monoisotopic (exact) mass is 295 g/mol. The fourth-order valence-electron chi connectivity index (χ4n) is 2.06. The number of urea groups is 1. The molecule has 3 amide bonds. The molecule has 9 nitrogen and oxygen atoms in total. The maximum absolute atomic E-state index is 12.0. The van der Waals surface area contributed by atoms with Crippen LogP contribution in [0.15, 0.2) is 12.4 Å². The zero-order chi connectivity index (χ0) is 15.2. The number of H-pyrrole nitrogens is 1. The van der Waals surface area contributed by atoms with Crippen LogP contribution in [0.1, 0.15) is 12.2 Å². The third-order valence-electron chi connectivity index (χ3n) is 3.15. The van der Waals surface area contributed by atoms with Gasteiger partial charge in [-0.15, -0.1) is 0 Å². The van der Waals surface area contributed by atoms with Gasteiger partial charge in [0.2, 0.25) is 5.91 Å². The highest BCUT2D eigenvalue weighted by molar-refractivity contribution is 5.90. The van der Waals surface area contributed by atoms with Crippen molar-refractivity contribution in [2.24, 2.45) is 0 Å². The average molecular weight is 295 g/mol. The summed E-state index contributed by atoms with van der Waals surface area (Å²) in [5.74, 6) is -0.677. The zero-order valence-electron chi connectivity index (χ0n) is 11.3. The van der Waals surface area contributed by atoms with Crippen LogP contribution in [0.25, 0.3) is 0 Å². The van der Waals surface area contributed by atoms with Crippen molar-refractivity contribution in [3.8, 4) is 0 Å². The number of carbonyl (C=O) groups is 3. The topological polar surface area (TPSA) is 127 Å². The number of hydrogen-bond donors (Lipinski definition) is 4. The van der Waals surface area contributed by atoms with Crippen molar-refractivity contribution in [1.29, 1.82) is 0 Å². The molecule has 1 aromatic rings. The van der Waals surface area contributed by atoms with E-state index in [0.29, 0.717) is 19.4 Å². The summed E-state index contributed by atoms with van der Waals surface area (Å²) in [5, 5.41) is 14.1. The number of rotatable bonds is 5. The number of carboxylic acid groups (broad SMARTS) is 1. The summed E-state index contributed by atoms with van der Waals surface area (Å²) in [6.07, 6.45) is 4.71. The van der Waals surface area contributed by atoms with Gasteiger partial charge in [0, 0.05) is 31.9 Å². The lowest BCUT2D eigenvalue weighted by Gasteiger charge is -2.32. The molecule has 0 bridgehead atoms. The van der Waals surface area contributed by atoms with Gasteiger partial charge >= 0.3 is 12.0 Å². The third kappa shape index (κ3) is 3.94. The SMILES string of the molecule is O=C1CN(C(=O)NCCCc2ncc[nH]2)C(C(=O)O)CN1. The van der Waals surface area contributed by atoms with Crippen molar-refractivity contribution in [3.63, 3.8) is 0 Å². The molecule has 0 spiro atoms.